The topological polar surface area (TPSA) is 108 Å². The molecule has 9 heteroatoms. The van der Waals surface area contributed by atoms with Gasteiger partial charge < -0.3 is 33.7 Å². The predicted molar refractivity (Wildman–Crippen MR) is 143 cm³/mol. The number of cyclic esters (lactones) is 1. The number of fused-ring (bicyclic) bond motifs is 2. The van der Waals surface area contributed by atoms with E-state index in [4.69, 9.17) is 28.4 Å². The molecule has 0 bridgehead atoms. The summed E-state index contributed by atoms with van der Waals surface area (Å²) in [4.78, 5) is 13.4. The molecule has 1 heterocycles. The van der Waals surface area contributed by atoms with Crippen LogP contribution in [0.1, 0.15) is 34.2 Å². The Labute approximate surface area is 227 Å². The van der Waals surface area contributed by atoms with Crippen LogP contribution in [-0.2, 0) is 9.53 Å². The molecule has 0 amide bonds. The first-order valence-corrected chi connectivity index (χ1v) is 12.5. The normalized spacial score (nSPS) is 21.1. The zero-order valence-electron chi connectivity index (χ0n) is 22.4. The second kappa shape index (κ2) is 10.7. The van der Waals surface area contributed by atoms with Gasteiger partial charge in [0.2, 0.25) is 5.75 Å². The van der Waals surface area contributed by atoms with E-state index in [1.54, 1.807) is 47.7 Å². The van der Waals surface area contributed by atoms with E-state index in [2.05, 4.69) is 11.4 Å². The van der Waals surface area contributed by atoms with E-state index in [1.807, 2.05) is 36.4 Å². The summed E-state index contributed by atoms with van der Waals surface area (Å²) in [6, 6.07) is 16.7. The number of benzene rings is 3. The van der Waals surface area contributed by atoms with E-state index in [0.29, 0.717) is 34.3 Å². The molecule has 39 heavy (non-hydrogen) atoms. The predicted octanol–water partition coefficient (Wildman–Crippen LogP) is 4.69. The minimum absolute atomic E-state index is 0.192. The highest BCUT2D eigenvalue weighted by atomic mass is 16.5. The van der Waals surface area contributed by atoms with Gasteiger partial charge in [-0.2, -0.15) is 5.26 Å². The summed E-state index contributed by atoms with van der Waals surface area (Å²) < 4.78 is 33.8. The lowest BCUT2D eigenvalue weighted by molar-refractivity contribution is -0.141. The number of methoxy groups -OCH3 is 5. The molecule has 1 N–H and O–H groups in total. The zero-order valence-corrected chi connectivity index (χ0v) is 22.4. The number of rotatable bonds is 8. The molecule has 1 aliphatic carbocycles. The number of nitriles is 1. The molecule has 3 aromatic carbocycles. The number of carbonyl (C=O) groups is 1. The molecule has 5 rings (SSSR count). The first kappa shape index (κ1) is 26.0. The van der Waals surface area contributed by atoms with E-state index < -0.39 is 5.92 Å². The highest BCUT2D eigenvalue weighted by molar-refractivity contribution is 5.79. The average Bonchev–Trinajstić information content (AvgIpc) is 3.36. The van der Waals surface area contributed by atoms with E-state index in [0.717, 1.165) is 22.4 Å². The number of carbonyl (C=O) groups excluding carboxylic acids is 1. The van der Waals surface area contributed by atoms with Crippen molar-refractivity contribution in [1.82, 2.24) is 0 Å². The van der Waals surface area contributed by atoms with Crippen molar-refractivity contribution in [3.05, 3.63) is 70.8 Å². The van der Waals surface area contributed by atoms with Crippen molar-refractivity contribution in [2.45, 2.75) is 12.0 Å². The summed E-state index contributed by atoms with van der Waals surface area (Å²) >= 11 is 0. The third kappa shape index (κ3) is 4.42. The molecule has 3 aromatic rings. The second-order valence-electron chi connectivity index (χ2n) is 9.40. The molecule has 1 saturated heterocycles. The van der Waals surface area contributed by atoms with Gasteiger partial charge in [-0.3, -0.25) is 4.79 Å². The lowest BCUT2D eigenvalue weighted by Gasteiger charge is -2.40. The van der Waals surface area contributed by atoms with Crippen LogP contribution in [0.4, 0.5) is 5.69 Å². The monoisotopic (exact) mass is 530 g/mol. The zero-order chi connectivity index (χ0) is 27.7. The average molecular weight is 531 g/mol. The van der Waals surface area contributed by atoms with Crippen LogP contribution in [0, 0.1) is 23.2 Å². The van der Waals surface area contributed by atoms with Crippen LogP contribution >= 0.6 is 0 Å². The summed E-state index contributed by atoms with van der Waals surface area (Å²) in [7, 11) is 7.86. The van der Waals surface area contributed by atoms with Gasteiger partial charge in [0.05, 0.1) is 65.7 Å². The van der Waals surface area contributed by atoms with Crippen LogP contribution in [0.3, 0.4) is 0 Å². The molecule has 1 fully saturated rings. The first-order chi connectivity index (χ1) is 19.0. The molecule has 202 valence electrons. The Kier molecular flexibility index (Phi) is 7.11. The number of esters is 1. The van der Waals surface area contributed by atoms with Crippen molar-refractivity contribution < 1.29 is 33.2 Å². The number of anilines is 1. The van der Waals surface area contributed by atoms with Crippen molar-refractivity contribution in [3.8, 4) is 34.8 Å². The number of nitrogens with zero attached hydrogens (tertiary/aromatic N) is 1. The minimum atomic E-state index is -0.491. The molecular formula is C30H30N2O7. The van der Waals surface area contributed by atoms with Crippen molar-refractivity contribution in [2.75, 3.05) is 47.5 Å². The molecule has 0 aromatic heterocycles. The van der Waals surface area contributed by atoms with Crippen LogP contribution in [-0.4, -0.2) is 48.1 Å². The number of ether oxygens (including phenoxy) is 6. The van der Waals surface area contributed by atoms with Gasteiger partial charge in [-0.15, -0.1) is 0 Å². The highest BCUT2D eigenvalue weighted by Crippen LogP contribution is 2.55. The van der Waals surface area contributed by atoms with Crippen molar-refractivity contribution in [1.29, 1.82) is 5.26 Å². The summed E-state index contributed by atoms with van der Waals surface area (Å²) in [5, 5.41) is 12.8. The quantitative estimate of drug-likeness (QED) is 0.415. The Morgan fingerprint density at radius 2 is 1.41 bits per heavy atom. The summed E-state index contributed by atoms with van der Waals surface area (Å²) in [6.45, 7) is 0.256. The van der Waals surface area contributed by atoms with E-state index in [-0.39, 0.29) is 30.5 Å². The molecule has 0 radical (unpaired) electrons. The summed E-state index contributed by atoms with van der Waals surface area (Å²) in [6.07, 6.45) is 0. The first-order valence-electron chi connectivity index (χ1n) is 12.5. The number of hydrogen-bond donors (Lipinski definition) is 1. The van der Waals surface area contributed by atoms with Crippen LogP contribution in [0.5, 0.6) is 28.7 Å². The van der Waals surface area contributed by atoms with Gasteiger partial charge in [0.1, 0.15) is 0 Å². The third-order valence-corrected chi connectivity index (χ3v) is 7.58. The fraction of sp³-hybridized carbons (Fsp3) is 0.333. The van der Waals surface area contributed by atoms with Gasteiger partial charge in [0.25, 0.3) is 0 Å². The van der Waals surface area contributed by atoms with Crippen LogP contribution in [0.15, 0.2) is 48.5 Å². The second-order valence-corrected chi connectivity index (χ2v) is 9.40. The largest absolute Gasteiger partial charge is 0.493 e. The van der Waals surface area contributed by atoms with Gasteiger partial charge in [-0.25, -0.2) is 0 Å². The summed E-state index contributed by atoms with van der Waals surface area (Å²) in [5.41, 5.74) is 4.06. The molecule has 0 spiro atoms. The third-order valence-electron chi connectivity index (χ3n) is 7.58. The Bertz CT molecular complexity index is 1410. The molecule has 4 atom stereocenters. The molecule has 1 unspecified atom stereocenters. The van der Waals surface area contributed by atoms with Gasteiger partial charge in [-0.1, -0.05) is 0 Å². The lowest BCUT2D eigenvalue weighted by atomic mass is 9.65. The van der Waals surface area contributed by atoms with E-state index in [9.17, 15) is 10.1 Å². The summed E-state index contributed by atoms with van der Waals surface area (Å²) in [5.74, 6) is 1.25. The van der Waals surface area contributed by atoms with Gasteiger partial charge in [0.15, 0.2) is 23.0 Å². The maximum absolute atomic E-state index is 13.4. The van der Waals surface area contributed by atoms with Crippen molar-refractivity contribution in [3.63, 3.8) is 0 Å². The number of hydrogen-bond acceptors (Lipinski definition) is 9. The van der Waals surface area contributed by atoms with Gasteiger partial charge >= 0.3 is 5.97 Å². The van der Waals surface area contributed by atoms with Crippen LogP contribution in [0.2, 0.25) is 0 Å². The molecule has 1 aliphatic heterocycles. The Morgan fingerprint density at radius 1 is 0.821 bits per heavy atom. The Hall–Kier alpha value is -4.58. The minimum Gasteiger partial charge on any atom is -0.493 e. The molecule has 9 nitrogen and oxygen atoms in total. The maximum atomic E-state index is 13.4. The highest BCUT2D eigenvalue weighted by Gasteiger charge is 2.52. The number of nitrogens with one attached hydrogen (secondary N) is 1. The standard InChI is InChI=1S/C30H30N2O7/c1-34-22-12-19-20(13-23(22)35-2)28(32-18-8-6-16(14-31)7-9-18)21-15-39-30(33)27(21)26(19)17-10-24(36-3)29(38-5)25(11-17)37-4/h6-13,21,26-28,32H,15H2,1-5H3/t21-,26+,27-,28?/m0/s1. The smallest absolute Gasteiger partial charge is 0.310 e. The van der Waals surface area contributed by atoms with Crippen molar-refractivity contribution >= 4 is 11.7 Å². The molecule has 0 saturated carbocycles. The van der Waals surface area contributed by atoms with E-state index >= 15 is 0 Å². The fourth-order valence-electron chi connectivity index (χ4n) is 5.79. The molecular weight excluding hydrogens is 500 g/mol. The van der Waals surface area contributed by atoms with Gasteiger partial charge in [0, 0.05) is 17.5 Å². The maximum Gasteiger partial charge on any atom is 0.310 e. The van der Waals surface area contributed by atoms with E-state index in [1.165, 1.54) is 0 Å². The van der Waals surface area contributed by atoms with Crippen molar-refractivity contribution in [2.24, 2.45) is 11.8 Å². The fourth-order valence-corrected chi connectivity index (χ4v) is 5.79. The van der Waals surface area contributed by atoms with Crippen LogP contribution < -0.4 is 29.0 Å². The SMILES string of the molecule is COc1cc2c(cc1OC)[C@@H](c1cc(OC)c(OC)c(OC)c1)[C@H]1C(=O)OC[C@@H]1C2Nc1ccc(C#N)cc1. The Balaban J connectivity index is 1.72. The lowest BCUT2D eigenvalue weighted by Crippen LogP contribution is -2.37. The van der Waals surface area contributed by atoms with Crippen LogP contribution in [0.25, 0.3) is 0 Å². The Morgan fingerprint density at radius 3 is 1.95 bits per heavy atom. The van der Waals surface area contributed by atoms with Gasteiger partial charge in [-0.05, 0) is 65.2 Å². The molecule has 2 aliphatic rings.